The van der Waals surface area contributed by atoms with Crippen LogP contribution in [0.2, 0.25) is 0 Å². The van der Waals surface area contributed by atoms with Gasteiger partial charge in [-0.3, -0.25) is 10.1 Å². The van der Waals surface area contributed by atoms with Crippen LogP contribution < -0.4 is 9.64 Å². The van der Waals surface area contributed by atoms with Crippen molar-refractivity contribution in [2.75, 3.05) is 26.2 Å². The van der Waals surface area contributed by atoms with Crippen LogP contribution in [0.25, 0.3) is 0 Å². The van der Waals surface area contributed by atoms with Crippen molar-refractivity contribution in [2.24, 2.45) is 0 Å². The number of aliphatic hydroxyl groups excluding tert-OH is 1. The maximum atomic E-state index is 10.5. The van der Waals surface area contributed by atoms with E-state index in [2.05, 4.69) is 0 Å². The fraction of sp³-hybridized carbons (Fsp3) is 0.538. The monoisotopic (exact) mass is 267 g/mol. The second-order valence-electron chi connectivity index (χ2n) is 4.88. The summed E-state index contributed by atoms with van der Waals surface area (Å²) in [5.41, 5.74) is 0.0365. The molecule has 0 aliphatic carbocycles. The highest BCUT2D eigenvalue weighted by atomic mass is 16.6. The Morgan fingerprint density at radius 3 is 2.53 bits per heavy atom. The third kappa shape index (κ3) is 4.18. The molecule has 1 aromatic rings. The molecule has 6 heteroatoms. The fourth-order valence-corrected chi connectivity index (χ4v) is 2.33. The Hall–Kier alpha value is -1.66. The van der Waals surface area contributed by atoms with E-state index in [9.17, 15) is 15.2 Å². The molecule has 104 valence electrons. The highest BCUT2D eigenvalue weighted by Crippen LogP contribution is 2.17. The Morgan fingerprint density at radius 2 is 1.95 bits per heavy atom. The lowest BCUT2D eigenvalue weighted by atomic mass is 10.3. The first kappa shape index (κ1) is 13.8. The lowest BCUT2D eigenvalue weighted by molar-refractivity contribution is -0.890. The van der Waals surface area contributed by atoms with E-state index in [-0.39, 0.29) is 12.3 Å². The largest absolute Gasteiger partial charge is 0.491 e. The quantitative estimate of drug-likeness (QED) is 0.562. The minimum Gasteiger partial charge on any atom is -0.491 e. The van der Waals surface area contributed by atoms with Crippen LogP contribution in [0.4, 0.5) is 5.69 Å². The second-order valence-corrected chi connectivity index (χ2v) is 4.88. The van der Waals surface area contributed by atoms with Crippen LogP contribution in [0, 0.1) is 10.1 Å². The van der Waals surface area contributed by atoms with Crippen LogP contribution in [0.1, 0.15) is 12.8 Å². The fourth-order valence-electron chi connectivity index (χ4n) is 2.33. The molecule has 0 amide bonds. The Kier molecular flexibility index (Phi) is 4.70. The molecule has 0 radical (unpaired) electrons. The third-order valence-corrected chi connectivity index (χ3v) is 3.32. The third-order valence-electron chi connectivity index (χ3n) is 3.32. The summed E-state index contributed by atoms with van der Waals surface area (Å²) in [6.45, 7) is 3.16. The number of quaternary nitrogens is 1. The zero-order valence-corrected chi connectivity index (χ0v) is 10.7. The van der Waals surface area contributed by atoms with Crippen LogP contribution in [-0.4, -0.2) is 42.4 Å². The highest BCUT2D eigenvalue weighted by molar-refractivity contribution is 5.35. The first-order chi connectivity index (χ1) is 9.15. The van der Waals surface area contributed by atoms with Crippen molar-refractivity contribution in [1.82, 2.24) is 0 Å². The van der Waals surface area contributed by atoms with Gasteiger partial charge in [0.1, 0.15) is 25.0 Å². The lowest BCUT2D eigenvalue weighted by Crippen LogP contribution is -3.11. The van der Waals surface area contributed by atoms with Crippen molar-refractivity contribution in [3.63, 3.8) is 0 Å². The van der Waals surface area contributed by atoms with Crippen LogP contribution in [-0.2, 0) is 0 Å². The van der Waals surface area contributed by atoms with Crippen LogP contribution >= 0.6 is 0 Å². The number of nitrogens with zero attached hydrogens (tertiary/aromatic N) is 1. The van der Waals surface area contributed by atoms with Crippen LogP contribution in [0.15, 0.2) is 24.3 Å². The van der Waals surface area contributed by atoms with Crippen molar-refractivity contribution in [1.29, 1.82) is 0 Å². The number of hydrogen-bond donors (Lipinski definition) is 2. The van der Waals surface area contributed by atoms with Gasteiger partial charge < -0.3 is 14.7 Å². The van der Waals surface area contributed by atoms with Gasteiger partial charge in [-0.15, -0.1) is 0 Å². The van der Waals surface area contributed by atoms with E-state index in [1.165, 1.54) is 29.9 Å². The Labute approximate surface area is 111 Å². The maximum Gasteiger partial charge on any atom is 0.269 e. The van der Waals surface area contributed by atoms with Gasteiger partial charge in [-0.05, 0) is 12.1 Å². The lowest BCUT2D eigenvalue weighted by Gasteiger charge is -2.17. The molecule has 0 bridgehead atoms. The molecule has 1 aliphatic rings. The van der Waals surface area contributed by atoms with Gasteiger partial charge in [-0.2, -0.15) is 0 Å². The summed E-state index contributed by atoms with van der Waals surface area (Å²) < 4.78 is 5.43. The zero-order chi connectivity index (χ0) is 13.7. The van der Waals surface area contributed by atoms with Crippen molar-refractivity contribution < 1.29 is 19.7 Å². The van der Waals surface area contributed by atoms with Gasteiger partial charge in [-0.25, -0.2) is 0 Å². The van der Waals surface area contributed by atoms with Gasteiger partial charge in [0.25, 0.3) is 5.69 Å². The second kappa shape index (κ2) is 6.49. The molecule has 1 atom stereocenters. The molecule has 1 saturated heterocycles. The number of likely N-dealkylation sites (tertiary alicyclic amines) is 1. The molecular weight excluding hydrogens is 248 g/mol. The van der Waals surface area contributed by atoms with E-state index in [0.29, 0.717) is 12.3 Å². The molecule has 0 aromatic heterocycles. The molecular formula is C13H19N2O4+. The summed E-state index contributed by atoms with van der Waals surface area (Å²) >= 11 is 0. The van der Waals surface area contributed by atoms with E-state index in [1.807, 2.05) is 0 Å². The van der Waals surface area contributed by atoms with Crippen molar-refractivity contribution in [2.45, 2.75) is 18.9 Å². The topological polar surface area (TPSA) is 77.0 Å². The van der Waals surface area contributed by atoms with Gasteiger partial charge in [0, 0.05) is 25.0 Å². The molecule has 2 rings (SSSR count). The molecule has 0 saturated carbocycles. The SMILES string of the molecule is O=[N+]([O-])c1ccc(OC[C@H](O)C[NH+]2CCCC2)cc1. The number of rotatable bonds is 6. The Balaban J connectivity index is 1.76. The Morgan fingerprint density at radius 1 is 1.32 bits per heavy atom. The van der Waals surface area contributed by atoms with E-state index < -0.39 is 11.0 Å². The van der Waals surface area contributed by atoms with Crippen LogP contribution in [0.5, 0.6) is 5.75 Å². The first-order valence-electron chi connectivity index (χ1n) is 6.54. The molecule has 2 N–H and O–H groups in total. The molecule has 1 aromatic carbocycles. The van der Waals surface area contributed by atoms with Crippen molar-refractivity contribution in [3.8, 4) is 5.75 Å². The molecule has 1 heterocycles. The molecule has 0 spiro atoms. The van der Waals surface area contributed by atoms with E-state index in [4.69, 9.17) is 4.74 Å². The number of nitro benzene ring substituents is 1. The van der Waals surface area contributed by atoms with E-state index in [0.717, 1.165) is 13.1 Å². The number of aliphatic hydroxyl groups is 1. The molecule has 1 fully saturated rings. The summed E-state index contributed by atoms with van der Waals surface area (Å²) in [7, 11) is 0. The van der Waals surface area contributed by atoms with Crippen LogP contribution in [0.3, 0.4) is 0 Å². The zero-order valence-electron chi connectivity index (χ0n) is 10.7. The van der Waals surface area contributed by atoms with E-state index >= 15 is 0 Å². The highest BCUT2D eigenvalue weighted by Gasteiger charge is 2.19. The molecule has 19 heavy (non-hydrogen) atoms. The number of nitrogens with one attached hydrogen (secondary N) is 1. The molecule has 0 unspecified atom stereocenters. The number of hydrogen-bond acceptors (Lipinski definition) is 4. The van der Waals surface area contributed by atoms with Crippen molar-refractivity contribution >= 4 is 5.69 Å². The van der Waals surface area contributed by atoms with Crippen molar-refractivity contribution in [3.05, 3.63) is 34.4 Å². The summed E-state index contributed by atoms with van der Waals surface area (Å²) in [6, 6.07) is 5.89. The maximum absolute atomic E-state index is 10.5. The molecule has 6 nitrogen and oxygen atoms in total. The standard InChI is InChI=1S/C13H18N2O4/c16-12(9-14-7-1-2-8-14)10-19-13-5-3-11(4-6-13)15(17)18/h3-6,12,16H,1-2,7-10H2/p+1/t12-/m1/s1. The van der Waals surface area contributed by atoms with Gasteiger partial charge in [-0.1, -0.05) is 0 Å². The van der Waals surface area contributed by atoms with Gasteiger partial charge >= 0.3 is 0 Å². The number of nitro groups is 1. The average Bonchev–Trinajstić information content (AvgIpc) is 2.89. The predicted octanol–water partition coefficient (Wildman–Crippen LogP) is 0.0132. The summed E-state index contributed by atoms with van der Waals surface area (Å²) in [5, 5.41) is 20.4. The Bertz CT molecular complexity index is 415. The molecule has 1 aliphatic heterocycles. The minimum atomic E-state index is -0.497. The van der Waals surface area contributed by atoms with Gasteiger partial charge in [0.05, 0.1) is 18.0 Å². The number of ether oxygens (including phenoxy) is 1. The van der Waals surface area contributed by atoms with Gasteiger partial charge in [0.2, 0.25) is 0 Å². The summed E-state index contributed by atoms with van der Waals surface area (Å²) in [4.78, 5) is 11.5. The average molecular weight is 267 g/mol. The van der Waals surface area contributed by atoms with E-state index in [1.54, 1.807) is 12.1 Å². The number of non-ortho nitro benzene ring substituents is 1. The summed E-state index contributed by atoms with van der Waals surface area (Å²) in [5.74, 6) is 0.543. The smallest absolute Gasteiger partial charge is 0.269 e. The predicted molar refractivity (Wildman–Crippen MR) is 69.4 cm³/mol. The number of benzene rings is 1. The first-order valence-corrected chi connectivity index (χ1v) is 6.54. The van der Waals surface area contributed by atoms with Gasteiger partial charge in [0.15, 0.2) is 0 Å². The summed E-state index contributed by atoms with van der Waals surface area (Å²) in [6.07, 6.45) is 1.96. The normalized spacial score (nSPS) is 17.3. The minimum absolute atomic E-state index is 0.0365.